The standard InChI is InChI=1S/C15H13BrF3N/c1-2-20-15(10-4-3-5-13(18)14(10)19)11-8-9(17)6-7-12(11)16/h3-8,15,20H,2H2,1H3. The molecular weight excluding hydrogens is 331 g/mol. The van der Waals surface area contributed by atoms with Gasteiger partial charge in [0, 0.05) is 10.0 Å². The molecule has 0 aliphatic heterocycles. The van der Waals surface area contributed by atoms with Crippen molar-refractivity contribution in [3.8, 4) is 0 Å². The van der Waals surface area contributed by atoms with Crippen molar-refractivity contribution in [3.63, 3.8) is 0 Å². The normalized spacial score (nSPS) is 12.4. The first-order valence-electron chi connectivity index (χ1n) is 6.16. The van der Waals surface area contributed by atoms with Crippen LogP contribution in [0.25, 0.3) is 0 Å². The lowest BCUT2D eigenvalue weighted by atomic mass is 9.98. The van der Waals surface area contributed by atoms with E-state index in [4.69, 9.17) is 0 Å². The highest BCUT2D eigenvalue weighted by molar-refractivity contribution is 9.10. The lowest BCUT2D eigenvalue weighted by Gasteiger charge is -2.21. The van der Waals surface area contributed by atoms with Crippen LogP contribution in [0.3, 0.4) is 0 Å². The van der Waals surface area contributed by atoms with Gasteiger partial charge in [0.2, 0.25) is 0 Å². The summed E-state index contributed by atoms with van der Waals surface area (Å²) in [6.07, 6.45) is 0. The zero-order chi connectivity index (χ0) is 14.7. The molecule has 106 valence electrons. The molecule has 1 N–H and O–H groups in total. The van der Waals surface area contributed by atoms with Crippen LogP contribution >= 0.6 is 15.9 Å². The third-order valence-electron chi connectivity index (χ3n) is 2.97. The van der Waals surface area contributed by atoms with Crippen LogP contribution in [-0.2, 0) is 0 Å². The Morgan fingerprint density at radius 3 is 2.55 bits per heavy atom. The van der Waals surface area contributed by atoms with Crippen molar-refractivity contribution in [3.05, 3.63) is 69.4 Å². The van der Waals surface area contributed by atoms with E-state index in [1.54, 1.807) is 6.07 Å². The third-order valence-corrected chi connectivity index (χ3v) is 3.69. The minimum atomic E-state index is -0.922. The zero-order valence-corrected chi connectivity index (χ0v) is 12.3. The van der Waals surface area contributed by atoms with Gasteiger partial charge in [-0.25, -0.2) is 13.2 Å². The van der Waals surface area contributed by atoms with Gasteiger partial charge in [-0.1, -0.05) is 35.0 Å². The molecule has 0 saturated carbocycles. The average Bonchev–Trinajstić information content (AvgIpc) is 2.43. The molecule has 0 bridgehead atoms. The molecule has 0 radical (unpaired) electrons. The third kappa shape index (κ3) is 3.04. The van der Waals surface area contributed by atoms with Crippen molar-refractivity contribution in [1.82, 2.24) is 5.32 Å². The van der Waals surface area contributed by atoms with Gasteiger partial charge in [-0.2, -0.15) is 0 Å². The van der Waals surface area contributed by atoms with Crippen LogP contribution in [0.5, 0.6) is 0 Å². The van der Waals surface area contributed by atoms with Gasteiger partial charge in [-0.3, -0.25) is 0 Å². The van der Waals surface area contributed by atoms with Crippen LogP contribution in [-0.4, -0.2) is 6.54 Å². The van der Waals surface area contributed by atoms with Gasteiger partial charge in [0.1, 0.15) is 5.82 Å². The minimum absolute atomic E-state index is 0.151. The molecule has 1 unspecified atom stereocenters. The van der Waals surface area contributed by atoms with Gasteiger partial charge in [0.25, 0.3) is 0 Å². The first-order chi connectivity index (χ1) is 9.54. The number of benzene rings is 2. The second kappa shape index (κ2) is 6.41. The molecule has 2 rings (SSSR count). The Hall–Kier alpha value is -1.33. The van der Waals surface area contributed by atoms with E-state index in [0.29, 0.717) is 16.6 Å². The van der Waals surface area contributed by atoms with Crippen molar-refractivity contribution in [1.29, 1.82) is 0 Å². The number of halogens is 4. The number of nitrogens with one attached hydrogen (secondary N) is 1. The van der Waals surface area contributed by atoms with E-state index < -0.39 is 23.5 Å². The molecule has 0 aliphatic rings. The van der Waals surface area contributed by atoms with Gasteiger partial charge in [0.05, 0.1) is 6.04 Å². The summed E-state index contributed by atoms with van der Waals surface area (Å²) in [7, 11) is 0. The van der Waals surface area contributed by atoms with E-state index in [9.17, 15) is 13.2 Å². The first kappa shape index (κ1) is 15.1. The van der Waals surface area contributed by atoms with Gasteiger partial charge in [0.15, 0.2) is 11.6 Å². The van der Waals surface area contributed by atoms with E-state index in [2.05, 4.69) is 21.2 Å². The van der Waals surface area contributed by atoms with E-state index in [0.717, 1.165) is 6.07 Å². The molecule has 0 saturated heterocycles. The van der Waals surface area contributed by atoms with Crippen molar-refractivity contribution >= 4 is 15.9 Å². The van der Waals surface area contributed by atoms with E-state index in [-0.39, 0.29) is 5.56 Å². The molecular formula is C15H13BrF3N. The predicted octanol–water partition coefficient (Wildman–Crippen LogP) is 4.57. The van der Waals surface area contributed by atoms with Gasteiger partial charge in [-0.05, 0) is 36.4 Å². The summed E-state index contributed by atoms with van der Waals surface area (Å²) in [6, 6.07) is 7.52. The Labute approximate surface area is 123 Å². The summed E-state index contributed by atoms with van der Waals surface area (Å²) < 4.78 is 41.4. The fraction of sp³-hybridized carbons (Fsp3) is 0.200. The molecule has 2 aromatic rings. The Balaban J connectivity index is 2.56. The van der Waals surface area contributed by atoms with Crippen LogP contribution in [0.15, 0.2) is 40.9 Å². The molecule has 0 amide bonds. The fourth-order valence-corrected chi connectivity index (χ4v) is 2.55. The van der Waals surface area contributed by atoms with Crippen LogP contribution in [0.2, 0.25) is 0 Å². The first-order valence-corrected chi connectivity index (χ1v) is 6.96. The van der Waals surface area contributed by atoms with Gasteiger partial charge < -0.3 is 5.32 Å². The highest BCUT2D eigenvalue weighted by Gasteiger charge is 2.21. The summed E-state index contributed by atoms with van der Waals surface area (Å²) in [5.41, 5.74) is 0.675. The Kier molecular flexibility index (Phi) is 4.83. The molecule has 1 atom stereocenters. The maximum absolute atomic E-state index is 14.0. The Morgan fingerprint density at radius 2 is 1.85 bits per heavy atom. The van der Waals surface area contributed by atoms with Crippen molar-refractivity contribution in [2.75, 3.05) is 6.54 Å². The zero-order valence-electron chi connectivity index (χ0n) is 10.8. The molecule has 0 heterocycles. The molecule has 0 fully saturated rings. The second-order valence-electron chi connectivity index (χ2n) is 4.30. The van der Waals surface area contributed by atoms with E-state index in [1.807, 2.05) is 6.92 Å². The molecule has 1 nitrogen and oxygen atoms in total. The Bertz CT molecular complexity index is 614. The largest absolute Gasteiger partial charge is 0.306 e. The molecule has 0 spiro atoms. The summed E-state index contributed by atoms with van der Waals surface area (Å²) in [4.78, 5) is 0. The van der Waals surface area contributed by atoms with E-state index >= 15 is 0 Å². The van der Waals surface area contributed by atoms with Crippen molar-refractivity contribution in [2.24, 2.45) is 0 Å². The fourth-order valence-electron chi connectivity index (χ4n) is 2.07. The molecule has 2 aromatic carbocycles. The second-order valence-corrected chi connectivity index (χ2v) is 5.15. The number of hydrogen-bond donors (Lipinski definition) is 1. The van der Waals surface area contributed by atoms with E-state index in [1.165, 1.54) is 24.3 Å². The summed E-state index contributed by atoms with van der Waals surface area (Å²) in [5.74, 6) is -2.27. The Morgan fingerprint density at radius 1 is 1.10 bits per heavy atom. The highest BCUT2D eigenvalue weighted by atomic mass is 79.9. The maximum Gasteiger partial charge on any atom is 0.163 e. The lowest BCUT2D eigenvalue weighted by molar-refractivity contribution is 0.482. The van der Waals surface area contributed by atoms with Gasteiger partial charge >= 0.3 is 0 Å². The van der Waals surface area contributed by atoms with Crippen LogP contribution in [0, 0.1) is 17.5 Å². The van der Waals surface area contributed by atoms with Crippen molar-refractivity contribution < 1.29 is 13.2 Å². The SMILES string of the molecule is CCNC(c1cc(F)ccc1Br)c1cccc(F)c1F. The molecule has 0 aliphatic carbocycles. The number of hydrogen-bond acceptors (Lipinski definition) is 1. The molecule has 0 aromatic heterocycles. The highest BCUT2D eigenvalue weighted by Crippen LogP contribution is 2.31. The van der Waals surface area contributed by atoms with Gasteiger partial charge in [-0.15, -0.1) is 0 Å². The lowest BCUT2D eigenvalue weighted by Crippen LogP contribution is -2.24. The predicted molar refractivity (Wildman–Crippen MR) is 76.0 cm³/mol. The summed E-state index contributed by atoms with van der Waals surface area (Å²) >= 11 is 3.32. The quantitative estimate of drug-likeness (QED) is 0.857. The molecule has 20 heavy (non-hydrogen) atoms. The average molecular weight is 344 g/mol. The summed E-state index contributed by atoms with van der Waals surface area (Å²) in [5, 5.41) is 3.05. The topological polar surface area (TPSA) is 12.0 Å². The number of rotatable bonds is 4. The van der Waals surface area contributed by atoms with Crippen LogP contribution in [0.4, 0.5) is 13.2 Å². The van der Waals surface area contributed by atoms with Crippen molar-refractivity contribution in [2.45, 2.75) is 13.0 Å². The summed E-state index contributed by atoms with van der Waals surface area (Å²) in [6.45, 7) is 2.38. The smallest absolute Gasteiger partial charge is 0.163 e. The monoisotopic (exact) mass is 343 g/mol. The molecule has 5 heteroatoms. The van der Waals surface area contributed by atoms with Crippen LogP contribution < -0.4 is 5.32 Å². The van der Waals surface area contributed by atoms with Crippen LogP contribution in [0.1, 0.15) is 24.1 Å². The maximum atomic E-state index is 14.0. The minimum Gasteiger partial charge on any atom is -0.306 e.